The second-order valence-electron chi connectivity index (χ2n) is 5.38. The second kappa shape index (κ2) is 7.70. The summed E-state index contributed by atoms with van der Waals surface area (Å²) in [6, 6.07) is 9.23. The van der Waals surface area contributed by atoms with E-state index in [0.29, 0.717) is 27.2 Å². The van der Waals surface area contributed by atoms with Gasteiger partial charge >= 0.3 is 0 Å². The van der Waals surface area contributed by atoms with E-state index < -0.39 is 0 Å². The van der Waals surface area contributed by atoms with E-state index in [1.165, 1.54) is 11.3 Å². The number of hydrogen-bond donors (Lipinski definition) is 1. The highest BCUT2D eigenvalue weighted by Gasteiger charge is 2.17. The van der Waals surface area contributed by atoms with Gasteiger partial charge in [0.1, 0.15) is 6.54 Å². The van der Waals surface area contributed by atoms with Gasteiger partial charge in [-0.2, -0.15) is 5.10 Å². The van der Waals surface area contributed by atoms with Gasteiger partial charge in [-0.05, 0) is 35.3 Å². The molecule has 0 fully saturated rings. The summed E-state index contributed by atoms with van der Waals surface area (Å²) in [5.41, 5.74) is 0.791. The number of carbonyl (C=O) groups is 1. The van der Waals surface area contributed by atoms with E-state index in [1.807, 2.05) is 29.6 Å². The first-order valence-electron chi connectivity index (χ1n) is 7.33. The Bertz CT molecular complexity index is 949. The lowest BCUT2D eigenvalue weighted by atomic mass is 10.2. The maximum atomic E-state index is 12.6. The first-order valence-corrected chi connectivity index (χ1v) is 9.37. The third-order valence-electron chi connectivity index (χ3n) is 3.66. The Morgan fingerprint density at radius 2 is 2.16 bits per heavy atom. The van der Waals surface area contributed by atoms with Gasteiger partial charge in [0, 0.05) is 13.6 Å². The molecule has 25 heavy (non-hydrogen) atoms. The Morgan fingerprint density at radius 3 is 2.88 bits per heavy atom. The minimum absolute atomic E-state index is 0.0945. The summed E-state index contributed by atoms with van der Waals surface area (Å²) < 4.78 is 2.10. The molecule has 0 aliphatic heterocycles. The number of hydrogen-bond acceptors (Lipinski definition) is 4. The molecule has 1 amide bonds. The normalized spacial score (nSPS) is 10.8. The first-order chi connectivity index (χ1) is 12.0. The van der Waals surface area contributed by atoms with Crippen molar-refractivity contribution < 1.29 is 4.79 Å². The fraction of sp³-hybridized carbons (Fsp3) is 0.188. The topological polar surface area (TPSA) is 53.9 Å². The van der Waals surface area contributed by atoms with E-state index in [9.17, 15) is 4.79 Å². The van der Waals surface area contributed by atoms with Crippen molar-refractivity contribution in [2.75, 3.05) is 7.05 Å². The summed E-state index contributed by atoms with van der Waals surface area (Å²) in [4.78, 5) is 15.2. The smallest absolute Gasteiger partial charge is 0.242 e. The summed E-state index contributed by atoms with van der Waals surface area (Å²) in [6.45, 7) is 0.453. The van der Waals surface area contributed by atoms with Crippen molar-refractivity contribution in [3.8, 4) is 10.7 Å². The molecule has 0 radical (unpaired) electrons. The van der Waals surface area contributed by atoms with E-state index in [1.54, 1.807) is 22.6 Å². The molecule has 9 heteroatoms. The Balaban J connectivity index is 1.78. The molecule has 0 saturated heterocycles. The Labute approximate surface area is 163 Å². The summed E-state index contributed by atoms with van der Waals surface area (Å²) in [7, 11) is 1.72. The Morgan fingerprint density at radius 1 is 1.36 bits per heavy atom. The molecule has 1 N–H and O–H groups in total. The van der Waals surface area contributed by atoms with Crippen molar-refractivity contribution in [1.29, 1.82) is 0 Å². The van der Waals surface area contributed by atoms with Gasteiger partial charge in [-0.25, -0.2) is 0 Å². The molecule has 2 heterocycles. The number of rotatable bonds is 5. The van der Waals surface area contributed by atoms with Gasteiger partial charge in [0.25, 0.3) is 0 Å². The molecule has 0 aliphatic rings. The molecule has 3 rings (SSSR count). The van der Waals surface area contributed by atoms with Crippen molar-refractivity contribution in [1.82, 2.24) is 19.7 Å². The van der Waals surface area contributed by atoms with Crippen LogP contribution in [0.25, 0.3) is 10.7 Å². The monoisotopic (exact) mass is 412 g/mol. The molecule has 0 aliphatic carbocycles. The summed E-state index contributed by atoms with van der Waals surface area (Å²) in [6.07, 6.45) is 0. The van der Waals surface area contributed by atoms with Crippen LogP contribution in [-0.2, 0) is 17.9 Å². The van der Waals surface area contributed by atoms with Gasteiger partial charge in [0.15, 0.2) is 10.6 Å². The maximum absolute atomic E-state index is 12.6. The van der Waals surface area contributed by atoms with E-state index in [4.69, 9.17) is 35.4 Å². The average Bonchev–Trinajstić information content (AvgIpc) is 3.22. The summed E-state index contributed by atoms with van der Waals surface area (Å²) in [5, 5.41) is 9.86. The predicted octanol–water partition coefficient (Wildman–Crippen LogP) is 4.63. The number of carbonyl (C=O) groups excluding carboxylic acids is 1. The van der Waals surface area contributed by atoms with Crippen molar-refractivity contribution in [3.63, 3.8) is 0 Å². The molecule has 0 spiro atoms. The van der Waals surface area contributed by atoms with Gasteiger partial charge in [-0.15, -0.1) is 11.3 Å². The van der Waals surface area contributed by atoms with Gasteiger partial charge in [-0.1, -0.05) is 41.4 Å². The van der Waals surface area contributed by atoms with Crippen LogP contribution in [0.5, 0.6) is 0 Å². The lowest BCUT2D eigenvalue weighted by Gasteiger charge is -2.19. The molecule has 0 atom stereocenters. The zero-order valence-corrected chi connectivity index (χ0v) is 16.3. The van der Waals surface area contributed by atoms with Crippen LogP contribution in [0.3, 0.4) is 0 Å². The number of halogens is 2. The molecule has 3 aromatic rings. The number of amides is 1. The minimum Gasteiger partial charge on any atom is -0.340 e. The van der Waals surface area contributed by atoms with E-state index in [2.05, 4.69) is 10.2 Å². The number of thiophene rings is 1. The molecule has 0 bridgehead atoms. The highest BCUT2D eigenvalue weighted by molar-refractivity contribution is 7.71. The number of benzene rings is 1. The lowest BCUT2D eigenvalue weighted by Crippen LogP contribution is -2.30. The maximum Gasteiger partial charge on any atom is 0.242 e. The third kappa shape index (κ3) is 3.95. The van der Waals surface area contributed by atoms with Crippen molar-refractivity contribution >= 4 is 52.7 Å². The lowest BCUT2D eigenvalue weighted by molar-refractivity contribution is -0.131. The molecular formula is C16H14Cl2N4OS2. The second-order valence-corrected chi connectivity index (χ2v) is 7.50. The van der Waals surface area contributed by atoms with Crippen molar-refractivity contribution in [3.05, 3.63) is 56.1 Å². The average molecular weight is 413 g/mol. The number of aromatic amines is 1. The number of likely N-dealkylation sites (N-methyl/N-ethyl adjacent to an activating group) is 1. The van der Waals surface area contributed by atoms with Crippen LogP contribution in [0.1, 0.15) is 5.56 Å². The van der Waals surface area contributed by atoms with Crippen LogP contribution in [0, 0.1) is 4.77 Å². The zero-order chi connectivity index (χ0) is 18.0. The highest BCUT2D eigenvalue weighted by atomic mass is 35.5. The Kier molecular flexibility index (Phi) is 5.58. The largest absolute Gasteiger partial charge is 0.340 e. The molecule has 0 unspecified atom stereocenters. The van der Waals surface area contributed by atoms with Crippen LogP contribution in [0.15, 0.2) is 35.7 Å². The SMILES string of the molecule is CN(Cc1cccc(Cl)c1Cl)C(=O)Cn1c(-c2cccs2)n[nH]c1=S. The van der Waals surface area contributed by atoms with Crippen LogP contribution in [0.2, 0.25) is 10.0 Å². The van der Waals surface area contributed by atoms with Gasteiger partial charge < -0.3 is 4.90 Å². The van der Waals surface area contributed by atoms with Crippen LogP contribution in [0.4, 0.5) is 0 Å². The Hall–Kier alpha value is -1.67. The number of nitrogens with one attached hydrogen (secondary N) is 1. The first kappa shape index (κ1) is 18.1. The quantitative estimate of drug-likeness (QED) is 0.621. The van der Waals surface area contributed by atoms with Crippen LogP contribution < -0.4 is 0 Å². The van der Waals surface area contributed by atoms with Crippen LogP contribution in [-0.4, -0.2) is 32.6 Å². The van der Waals surface area contributed by atoms with Gasteiger partial charge in [-0.3, -0.25) is 14.5 Å². The van der Waals surface area contributed by atoms with E-state index in [0.717, 1.165) is 10.4 Å². The highest BCUT2D eigenvalue weighted by Crippen LogP contribution is 2.26. The summed E-state index contributed by atoms with van der Waals surface area (Å²) in [5.74, 6) is 0.550. The fourth-order valence-electron chi connectivity index (χ4n) is 2.33. The van der Waals surface area contributed by atoms with Gasteiger partial charge in [0.2, 0.25) is 5.91 Å². The fourth-order valence-corrected chi connectivity index (χ4v) is 3.63. The molecule has 1 aromatic carbocycles. The minimum atomic E-state index is -0.105. The summed E-state index contributed by atoms with van der Waals surface area (Å²) >= 11 is 19.0. The number of aromatic nitrogens is 3. The zero-order valence-electron chi connectivity index (χ0n) is 13.2. The van der Waals surface area contributed by atoms with E-state index in [-0.39, 0.29) is 12.5 Å². The molecule has 2 aromatic heterocycles. The number of nitrogens with zero attached hydrogens (tertiary/aromatic N) is 3. The molecule has 0 saturated carbocycles. The molecular weight excluding hydrogens is 399 g/mol. The predicted molar refractivity (Wildman–Crippen MR) is 104 cm³/mol. The van der Waals surface area contributed by atoms with Gasteiger partial charge in [0.05, 0.1) is 14.9 Å². The molecule has 5 nitrogen and oxygen atoms in total. The van der Waals surface area contributed by atoms with Crippen LogP contribution >= 0.6 is 46.8 Å². The van der Waals surface area contributed by atoms with Crippen molar-refractivity contribution in [2.24, 2.45) is 0 Å². The third-order valence-corrected chi connectivity index (χ3v) is 5.69. The van der Waals surface area contributed by atoms with E-state index >= 15 is 0 Å². The standard InChI is InChI=1S/C16H14Cl2N4OS2/c1-21(8-10-4-2-5-11(17)14(10)18)13(23)9-22-15(19-20-16(22)24)12-6-3-7-25-12/h2-7H,8-9H2,1H3,(H,20,24). The number of H-pyrrole nitrogens is 1. The molecule has 130 valence electrons. The van der Waals surface area contributed by atoms with Crippen molar-refractivity contribution in [2.45, 2.75) is 13.1 Å².